The smallest absolute Gasteiger partial charge is 0.266 e. The van der Waals surface area contributed by atoms with E-state index in [4.69, 9.17) is 0 Å². The van der Waals surface area contributed by atoms with Gasteiger partial charge >= 0.3 is 0 Å². The third-order valence-electron chi connectivity index (χ3n) is 4.57. The number of piperazine rings is 1. The third kappa shape index (κ3) is 3.39. The molecule has 0 saturated carbocycles. The van der Waals surface area contributed by atoms with Gasteiger partial charge in [-0.1, -0.05) is 0 Å². The molecule has 0 bridgehead atoms. The minimum atomic E-state index is -0.0397. The van der Waals surface area contributed by atoms with Crippen molar-refractivity contribution in [2.75, 3.05) is 37.6 Å². The number of hydrogen-bond acceptors (Lipinski definition) is 6. The van der Waals surface area contributed by atoms with Crippen LogP contribution in [0.5, 0.6) is 0 Å². The number of hydrogen-bond donors (Lipinski definition) is 0. The predicted molar refractivity (Wildman–Crippen MR) is 94.9 cm³/mol. The van der Waals surface area contributed by atoms with Gasteiger partial charge in [-0.05, 0) is 25.1 Å². The fourth-order valence-electron chi connectivity index (χ4n) is 3.12. The maximum Gasteiger partial charge on any atom is 0.266 e. The molecule has 4 rings (SSSR count). The summed E-state index contributed by atoms with van der Waals surface area (Å²) >= 11 is 0. The van der Waals surface area contributed by atoms with Gasteiger partial charge in [-0.15, -0.1) is 5.10 Å². The lowest BCUT2D eigenvalue weighted by molar-refractivity contribution is 0.242. The monoisotopic (exact) mass is 339 g/mol. The van der Waals surface area contributed by atoms with Crippen LogP contribution in [0.15, 0.2) is 41.5 Å². The Kier molecular flexibility index (Phi) is 4.19. The maximum atomic E-state index is 11.8. The van der Waals surface area contributed by atoms with E-state index in [9.17, 15) is 4.79 Å². The van der Waals surface area contributed by atoms with Crippen LogP contribution in [0.2, 0.25) is 0 Å². The Morgan fingerprint density at radius 1 is 1.00 bits per heavy atom. The van der Waals surface area contributed by atoms with E-state index in [1.807, 2.05) is 25.3 Å². The molecule has 1 aliphatic rings. The SMILES string of the molecule is Cc1ccc(=O)n(CCN2CCN(c3ccc4nccn4n3)CC2)n1. The fraction of sp³-hybridized carbons (Fsp3) is 0.412. The number of fused-ring (bicyclic) bond motifs is 1. The molecule has 0 aliphatic carbocycles. The Labute approximate surface area is 145 Å². The van der Waals surface area contributed by atoms with Crippen molar-refractivity contribution in [3.63, 3.8) is 0 Å². The van der Waals surface area contributed by atoms with Crippen LogP contribution in [0.1, 0.15) is 5.69 Å². The van der Waals surface area contributed by atoms with Gasteiger partial charge in [0.2, 0.25) is 0 Å². The summed E-state index contributed by atoms with van der Waals surface area (Å²) in [6, 6.07) is 7.35. The van der Waals surface area contributed by atoms with Gasteiger partial charge in [-0.2, -0.15) is 5.10 Å². The van der Waals surface area contributed by atoms with E-state index in [-0.39, 0.29) is 5.56 Å². The van der Waals surface area contributed by atoms with E-state index in [2.05, 4.69) is 25.0 Å². The van der Waals surface area contributed by atoms with Crippen LogP contribution >= 0.6 is 0 Å². The molecule has 0 atom stereocenters. The standard InChI is InChI=1S/C17H21N7O/c1-14-2-5-17(25)24(19-14)13-10-21-8-11-22(12-9-21)16-4-3-15-18-6-7-23(15)20-16/h2-7H,8-13H2,1H3. The lowest BCUT2D eigenvalue weighted by Crippen LogP contribution is -2.48. The van der Waals surface area contributed by atoms with Gasteiger partial charge in [-0.3, -0.25) is 9.69 Å². The Bertz CT molecular complexity index is 924. The summed E-state index contributed by atoms with van der Waals surface area (Å²) in [4.78, 5) is 20.7. The van der Waals surface area contributed by atoms with Crippen LogP contribution in [0.3, 0.4) is 0 Å². The van der Waals surface area contributed by atoms with Gasteiger partial charge in [0.15, 0.2) is 5.65 Å². The normalized spacial score (nSPS) is 15.8. The van der Waals surface area contributed by atoms with Gasteiger partial charge < -0.3 is 4.90 Å². The van der Waals surface area contributed by atoms with E-state index in [1.54, 1.807) is 27.5 Å². The highest BCUT2D eigenvalue weighted by Gasteiger charge is 2.18. The summed E-state index contributed by atoms with van der Waals surface area (Å²) < 4.78 is 3.35. The van der Waals surface area contributed by atoms with E-state index < -0.39 is 0 Å². The van der Waals surface area contributed by atoms with Gasteiger partial charge in [0.05, 0.1) is 12.2 Å². The van der Waals surface area contributed by atoms with Gasteiger partial charge in [-0.25, -0.2) is 14.2 Å². The van der Waals surface area contributed by atoms with Crippen molar-refractivity contribution in [3.8, 4) is 0 Å². The summed E-state index contributed by atoms with van der Waals surface area (Å²) in [5, 5.41) is 8.90. The molecule has 0 radical (unpaired) electrons. The summed E-state index contributed by atoms with van der Waals surface area (Å²) in [6.45, 7) is 7.10. The zero-order valence-electron chi connectivity index (χ0n) is 14.2. The molecule has 1 aliphatic heterocycles. The Hall–Kier alpha value is -2.74. The van der Waals surface area contributed by atoms with Crippen LogP contribution in [-0.4, -0.2) is 62.0 Å². The molecule has 1 fully saturated rings. The van der Waals surface area contributed by atoms with Crippen LogP contribution in [0.4, 0.5) is 5.82 Å². The van der Waals surface area contributed by atoms with Crippen molar-refractivity contribution in [3.05, 3.63) is 52.7 Å². The minimum Gasteiger partial charge on any atom is -0.353 e. The second kappa shape index (κ2) is 6.64. The van der Waals surface area contributed by atoms with Crippen LogP contribution in [0.25, 0.3) is 5.65 Å². The van der Waals surface area contributed by atoms with Crippen LogP contribution in [-0.2, 0) is 6.54 Å². The van der Waals surface area contributed by atoms with Crippen molar-refractivity contribution >= 4 is 11.5 Å². The summed E-state index contributed by atoms with van der Waals surface area (Å²) in [6.07, 6.45) is 3.62. The largest absolute Gasteiger partial charge is 0.353 e. The Morgan fingerprint density at radius 2 is 1.84 bits per heavy atom. The van der Waals surface area contributed by atoms with Crippen molar-refractivity contribution in [2.45, 2.75) is 13.5 Å². The number of nitrogens with zero attached hydrogens (tertiary/aromatic N) is 7. The maximum absolute atomic E-state index is 11.8. The molecule has 0 N–H and O–H groups in total. The van der Waals surface area contributed by atoms with Crippen molar-refractivity contribution in [1.82, 2.24) is 29.3 Å². The molecule has 0 amide bonds. The Morgan fingerprint density at radius 3 is 2.68 bits per heavy atom. The Balaban J connectivity index is 1.35. The average molecular weight is 339 g/mol. The molecule has 4 heterocycles. The first-order valence-electron chi connectivity index (χ1n) is 8.51. The quantitative estimate of drug-likeness (QED) is 0.686. The predicted octanol–water partition coefficient (Wildman–Crippen LogP) is 0.417. The molecular weight excluding hydrogens is 318 g/mol. The summed E-state index contributed by atoms with van der Waals surface area (Å²) in [5.41, 5.74) is 1.69. The zero-order chi connectivity index (χ0) is 17.2. The topological polar surface area (TPSA) is 71.6 Å². The van der Waals surface area contributed by atoms with Gasteiger partial charge in [0.1, 0.15) is 5.82 Å². The lowest BCUT2D eigenvalue weighted by Gasteiger charge is -2.35. The second-order valence-electron chi connectivity index (χ2n) is 6.29. The molecule has 3 aromatic rings. The number of aryl methyl sites for hydroxylation is 1. The minimum absolute atomic E-state index is 0.0397. The molecule has 3 aromatic heterocycles. The zero-order valence-corrected chi connectivity index (χ0v) is 14.2. The van der Waals surface area contributed by atoms with Crippen molar-refractivity contribution < 1.29 is 0 Å². The molecule has 130 valence electrons. The number of anilines is 1. The summed E-state index contributed by atoms with van der Waals surface area (Å²) in [7, 11) is 0. The van der Waals surface area contributed by atoms with E-state index >= 15 is 0 Å². The molecular formula is C17H21N7O. The highest BCUT2D eigenvalue weighted by atomic mass is 16.1. The van der Waals surface area contributed by atoms with E-state index in [0.717, 1.165) is 49.9 Å². The van der Waals surface area contributed by atoms with Crippen molar-refractivity contribution in [2.24, 2.45) is 0 Å². The average Bonchev–Trinajstić information content (AvgIpc) is 3.10. The van der Waals surface area contributed by atoms with Gasteiger partial charge in [0.25, 0.3) is 5.56 Å². The van der Waals surface area contributed by atoms with Crippen LogP contribution in [0, 0.1) is 6.92 Å². The fourth-order valence-corrected chi connectivity index (χ4v) is 3.12. The first-order valence-corrected chi connectivity index (χ1v) is 8.51. The van der Waals surface area contributed by atoms with Gasteiger partial charge in [0, 0.05) is 51.2 Å². The lowest BCUT2D eigenvalue weighted by atomic mass is 10.3. The molecule has 1 saturated heterocycles. The highest BCUT2D eigenvalue weighted by Crippen LogP contribution is 2.14. The molecule has 0 spiro atoms. The molecule has 25 heavy (non-hydrogen) atoms. The highest BCUT2D eigenvalue weighted by molar-refractivity contribution is 5.46. The second-order valence-corrected chi connectivity index (χ2v) is 6.29. The molecule has 0 unspecified atom stereocenters. The first-order chi connectivity index (χ1) is 12.2. The first kappa shape index (κ1) is 15.8. The summed E-state index contributed by atoms with van der Waals surface area (Å²) in [5.74, 6) is 0.974. The number of rotatable bonds is 4. The third-order valence-corrected chi connectivity index (χ3v) is 4.57. The van der Waals surface area contributed by atoms with E-state index in [1.165, 1.54) is 0 Å². The number of imidazole rings is 1. The van der Waals surface area contributed by atoms with Crippen molar-refractivity contribution in [1.29, 1.82) is 0 Å². The number of aromatic nitrogens is 5. The molecule has 0 aromatic carbocycles. The van der Waals surface area contributed by atoms with E-state index in [0.29, 0.717) is 6.54 Å². The molecule has 8 nitrogen and oxygen atoms in total. The molecule has 8 heteroatoms. The van der Waals surface area contributed by atoms with Crippen LogP contribution < -0.4 is 10.5 Å².